The number of anilines is 1. The highest BCUT2D eigenvalue weighted by molar-refractivity contribution is 7.99. The first-order valence-electron chi connectivity index (χ1n) is 11.2. The lowest BCUT2D eigenvalue weighted by Gasteiger charge is -2.36. The van der Waals surface area contributed by atoms with Crippen molar-refractivity contribution in [3.05, 3.63) is 82.6 Å². The van der Waals surface area contributed by atoms with Gasteiger partial charge in [0.05, 0.1) is 11.4 Å². The molecule has 0 spiro atoms. The van der Waals surface area contributed by atoms with E-state index in [-0.39, 0.29) is 0 Å². The molecule has 3 nitrogen and oxygen atoms in total. The molecule has 0 amide bonds. The Morgan fingerprint density at radius 2 is 1.66 bits per heavy atom. The van der Waals surface area contributed by atoms with Gasteiger partial charge in [0, 0.05) is 42.6 Å². The number of thioether (sulfide) groups is 1. The molecule has 1 aliphatic rings. The maximum atomic E-state index is 14.6. The predicted octanol–water partition coefficient (Wildman–Crippen LogP) is 7.56. The van der Waals surface area contributed by atoms with Crippen molar-refractivity contribution in [1.82, 2.24) is 4.90 Å². The standard InChI is InChI=1S/C26H25ClF4N2OS/c1-18-13-23(28)24(15-25(18)35-17-26(29,30)31)33-11-9-32(10-12-33)16-19-5-7-21(8-6-19)34-22-4-2-3-20(27)14-22/h2-8,13-15H,9-12,16-17H2,1H3. The number of alkyl halides is 3. The lowest BCUT2D eigenvalue weighted by atomic mass is 10.1. The molecule has 35 heavy (non-hydrogen) atoms. The molecule has 0 atom stereocenters. The second-order valence-corrected chi connectivity index (χ2v) is 9.89. The molecule has 0 aliphatic carbocycles. The second-order valence-electron chi connectivity index (χ2n) is 8.44. The van der Waals surface area contributed by atoms with Gasteiger partial charge in [0.2, 0.25) is 0 Å². The highest BCUT2D eigenvalue weighted by atomic mass is 35.5. The summed E-state index contributed by atoms with van der Waals surface area (Å²) >= 11 is 6.70. The first-order chi connectivity index (χ1) is 16.7. The number of nitrogens with zero attached hydrogens (tertiary/aromatic N) is 2. The van der Waals surface area contributed by atoms with Crippen LogP contribution in [0.2, 0.25) is 5.02 Å². The summed E-state index contributed by atoms with van der Waals surface area (Å²) in [6.45, 7) is 5.01. The molecule has 1 aliphatic heterocycles. The molecule has 9 heteroatoms. The third-order valence-electron chi connectivity index (χ3n) is 5.71. The molecule has 3 aromatic carbocycles. The summed E-state index contributed by atoms with van der Waals surface area (Å²) in [4.78, 5) is 4.64. The minimum atomic E-state index is -4.27. The van der Waals surface area contributed by atoms with Gasteiger partial charge in [-0.25, -0.2) is 4.39 Å². The molecule has 1 heterocycles. The molecule has 0 radical (unpaired) electrons. The van der Waals surface area contributed by atoms with Crippen LogP contribution in [0.3, 0.4) is 0 Å². The minimum absolute atomic E-state index is 0.363. The quantitative estimate of drug-likeness (QED) is 0.234. The zero-order valence-electron chi connectivity index (χ0n) is 19.1. The van der Waals surface area contributed by atoms with E-state index in [9.17, 15) is 17.6 Å². The van der Waals surface area contributed by atoms with Crippen LogP contribution in [-0.4, -0.2) is 43.0 Å². The Morgan fingerprint density at radius 3 is 2.31 bits per heavy atom. The number of halogens is 5. The van der Waals surface area contributed by atoms with E-state index in [1.54, 1.807) is 25.1 Å². The van der Waals surface area contributed by atoms with Crippen molar-refractivity contribution in [3.8, 4) is 11.5 Å². The maximum Gasteiger partial charge on any atom is 0.398 e. The molecule has 3 aromatic rings. The molecule has 1 fully saturated rings. The summed E-state index contributed by atoms with van der Waals surface area (Å²) in [5.41, 5.74) is 2.01. The highest BCUT2D eigenvalue weighted by Gasteiger charge is 2.28. The summed E-state index contributed by atoms with van der Waals surface area (Å²) in [6.07, 6.45) is -4.27. The van der Waals surface area contributed by atoms with Gasteiger partial charge in [-0.3, -0.25) is 4.90 Å². The van der Waals surface area contributed by atoms with E-state index in [0.717, 1.165) is 30.9 Å². The van der Waals surface area contributed by atoms with E-state index in [1.165, 1.54) is 6.07 Å². The number of hydrogen-bond acceptors (Lipinski definition) is 4. The maximum absolute atomic E-state index is 14.6. The lowest BCUT2D eigenvalue weighted by Crippen LogP contribution is -2.46. The molecule has 0 unspecified atom stereocenters. The number of hydrogen-bond donors (Lipinski definition) is 0. The Kier molecular flexibility index (Phi) is 8.14. The molecule has 186 valence electrons. The summed E-state index contributed by atoms with van der Waals surface area (Å²) in [6, 6.07) is 17.9. The molecule has 0 N–H and O–H groups in total. The molecular weight excluding hydrogens is 500 g/mol. The third kappa shape index (κ3) is 7.29. The summed E-state index contributed by atoms with van der Waals surface area (Å²) < 4.78 is 58.4. The van der Waals surface area contributed by atoms with Crippen molar-refractivity contribution in [2.75, 3.05) is 36.8 Å². The van der Waals surface area contributed by atoms with Crippen molar-refractivity contribution >= 4 is 29.1 Å². The average molecular weight is 525 g/mol. The number of rotatable bonds is 7. The van der Waals surface area contributed by atoms with Gasteiger partial charge in [-0.1, -0.05) is 29.8 Å². The van der Waals surface area contributed by atoms with E-state index >= 15 is 0 Å². The largest absolute Gasteiger partial charge is 0.457 e. The van der Waals surface area contributed by atoms with Crippen molar-refractivity contribution in [2.45, 2.75) is 24.5 Å². The fraction of sp³-hybridized carbons (Fsp3) is 0.308. The fourth-order valence-corrected chi connectivity index (χ4v) is 4.92. The molecule has 4 rings (SSSR count). The molecule has 0 bridgehead atoms. The van der Waals surface area contributed by atoms with Gasteiger partial charge >= 0.3 is 6.18 Å². The molecular formula is C26H25ClF4N2OS. The van der Waals surface area contributed by atoms with Crippen molar-refractivity contribution in [1.29, 1.82) is 0 Å². The highest BCUT2D eigenvalue weighted by Crippen LogP contribution is 2.34. The zero-order chi connectivity index (χ0) is 25.0. The van der Waals surface area contributed by atoms with Gasteiger partial charge in [0.1, 0.15) is 17.3 Å². The van der Waals surface area contributed by atoms with Crippen molar-refractivity contribution in [3.63, 3.8) is 0 Å². The Morgan fingerprint density at radius 1 is 0.943 bits per heavy atom. The van der Waals surface area contributed by atoms with Crippen LogP contribution in [0.25, 0.3) is 0 Å². The van der Waals surface area contributed by atoms with Crippen molar-refractivity contribution in [2.24, 2.45) is 0 Å². The van der Waals surface area contributed by atoms with E-state index in [2.05, 4.69) is 4.90 Å². The first kappa shape index (κ1) is 25.7. The van der Waals surface area contributed by atoms with Gasteiger partial charge in [0.25, 0.3) is 0 Å². The lowest BCUT2D eigenvalue weighted by molar-refractivity contribution is -0.105. The monoisotopic (exact) mass is 524 g/mol. The van der Waals surface area contributed by atoms with Crippen LogP contribution in [0, 0.1) is 12.7 Å². The van der Waals surface area contributed by atoms with Crippen LogP contribution in [0.5, 0.6) is 11.5 Å². The molecule has 1 saturated heterocycles. The van der Waals surface area contributed by atoms with Crippen LogP contribution in [0.1, 0.15) is 11.1 Å². The van der Waals surface area contributed by atoms with Crippen LogP contribution >= 0.6 is 23.4 Å². The topological polar surface area (TPSA) is 15.7 Å². The fourth-order valence-electron chi connectivity index (χ4n) is 3.93. The van der Waals surface area contributed by atoms with E-state index in [1.807, 2.05) is 41.3 Å². The number of aryl methyl sites for hydroxylation is 1. The number of benzene rings is 3. The van der Waals surface area contributed by atoms with Crippen LogP contribution in [-0.2, 0) is 6.54 Å². The number of ether oxygens (including phenoxy) is 1. The minimum Gasteiger partial charge on any atom is -0.457 e. The zero-order valence-corrected chi connectivity index (χ0v) is 20.7. The van der Waals surface area contributed by atoms with Crippen LogP contribution < -0.4 is 9.64 Å². The third-order valence-corrected chi connectivity index (χ3v) is 7.17. The summed E-state index contributed by atoms with van der Waals surface area (Å²) in [5.74, 6) is -0.00236. The number of piperazine rings is 1. The van der Waals surface area contributed by atoms with E-state index < -0.39 is 17.7 Å². The van der Waals surface area contributed by atoms with Gasteiger partial charge in [-0.2, -0.15) is 13.2 Å². The van der Waals surface area contributed by atoms with Gasteiger partial charge in [-0.05, 0) is 60.5 Å². The Balaban J connectivity index is 1.32. The SMILES string of the molecule is Cc1cc(F)c(N2CCN(Cc3ccc(Oc4cccc(Cl)c4)cc3)CC2)cc1SCC(F)(F)F. The van der Waals surface area contributed by atoms with Crippen LogP contribution in [0.15, 0.2) is 65.6 Å². The molecule has 0 saturated carbocycles. The predicted molar refractivity (Wildman–Crippen MR) is 133 cm³/mol. The normalized spacial score (nSPS) is 14.9. The van der Waals surface area contributed by atoms with Gasteiger partial charge in [-0.15, -0.1) is 11.8 Å². The summed E-state index contributed by atoms with van der Waals surface area (Å²) in [5, 5.41) is 0.611. The second kappa shape index (κ2) is 11.1. The Bertz CT molecular complexity index is 1150. The average Bonchev–Trinajstić information content (AvgIpc) is 2.80. The molecule has 0 aromatic heterocycles. The van der Waals surface area contributed by atoms with Gasteiger partial charge < -0.3 is 9.64 Å². The first-order valence-corrected chi connectivity index (χ1v) is 12.5. The smallest absolute Gasteiger partial charge is 0.398 e. The van der Waals surface area contributed by atoms with E-state index in [0.29, 0.717) is 51.8 Å². The Hall–Kier alpha value is -2.42. The van der Waals surface area contributed by atoms with E-state index in [4.69, 9.17) is 16.3 Å². The Labute approximate surface area is 211 Å². The van der Waals surface area contributed by atoms with Crippen molar-refractivity contribution < 1.29 is 22.3 Å². The summed E-state index contributed by atoms with van der Waals surface area (Å²) in [7, 11) is 0. The van der Waals surface area contributed by atoms with Crippen LogP contribution in [0.4, 0.5) is 23.2 Å². The van der Waals surface area contributed by atoms with Gasteiger partial charge in [0.15, 0.2) is 0 Å².